The first-order chi connectivity index (χ1) is 17.4. The molecule has 0 saturated heterocycles. The number of benzene rings is 3. The van der Waals surface area contributed by atoms with E-state index >= 15 is 0 Å². The topological polar surface area (TPSA) is 71.0 Å². The lowest BCUT2D eigenvalue weighted by molar-refractivity contribution is 0.135. The number of ether oxygens (including phenoxy) is 1. The lowest BCUT2D eigenvalue weighted by atomic mass is 9.88. The average molecular weight is 504 g/mol. The zero-order valence-electron chi connectivity index (χ0n) is 20.9. The first-order valence-corrected chi connectivity index (χ1v) is 14.0. The van der Waals surface area contributed by atoms with E-state index < -0.39 is 15.7 Å². The molecule has 36 heavy (non-hydrogen) atoms. The third kappa shape index (κ3) is 4.65. The molecule has 0 radical (unpaired) electrons. The highest BCUT2D eigenvalue weighted by molar-refractivity contribution is 7.89. The summed E-state index contributed by atoms with van der Waals surface area (Å²) in [6, 6.07) is 24.7. The van der Waals surface area contributed by atoms with Gasteiger partial charge < -0.3 is 4.74 Å². The fraction of sp³-hybridized carbons (Fsp3) is 0.345. The predicted molar refractivity (Wildman–Crippen MR) is 142 cm³/mol. The van der Waals surface area contributed by atoms with Crippen LogP contribution >= 0.6 is 0 Å². The maximum absolute atomic E-state index is 14.2. The molecule has 1 atom stereocenters. The van der Waals surface area contributed by atoms with Crippen LogP contribution in [0.1, 0.15) is 55.2 Å². The van der Waals surface area contributed by atoms with E-state index in [1.807, 2.05) is 73.7 Å². The monoisotopic (exact) mass is 503 g/mol. The number of rotatable bonds is 7. The van der Waals surface area contributed by atoms with Crippen molar-refractivity contribution in [2.45, 2.75) is 62.0 Å². The molecule has 7 heteroatoms. The summed E-state index contributed by atoms with van der Waals surface area (Å²) in [6.07, 6.45) is 5.92. The van der Waals surface area contributed by atoms with Gasteiger partial charge in [-0.05, 0) is 55.2 Å². The summed E-state index contributed by atoms with van der Waals surface area (Å²) in [6.45, 7) is 1.95. The molecule has 0 aromatic heterocycles. The molecular weight excluding hydrogens is 470 g/mol. The molecule has 0 spiro atoms. The Morgan fingerprint density at radius 3 is 2.22 bits per heavy atom. The van der Waals surface area contributed by atoms with E-state index in [4.69, 9.17) is 9.84 Å². The zero-order chi connectivity index (χ0) is 25.2. The van der Waals surface area contributed by atoms with E-state index in [0.29, 0.717) is 6.42 Å². The van der Waals surface area contributed by atoms with Gasteiger partial charge >= 0.3 is 0 Å². The Labute approximate surface area is 214 Å². The fourth-order valence-corrected chi connectivity index (χ4v) is 6.77. The molecule has 1 fully saturated rings. The Balaban J connectivity index is 1.68. The van der Waals surface area contributed by atoms with Gasteiger partial charge in [0.2, 0.25) is 0 Å². The van der Waals surface area contributed by atoms with Crippen LogP contribution in [0.4, 0.5) is 0 Å². The van der Waals surface area contributed by atoms with Gasteiger partial charge in [0.1, 0.15) is 5.75 Å². The summed E-state index contributed by atoms with van der Waals surface area (Å²) in [4.78, 5) is 0.231. The third-order valence-electron chi connectivity index (χ3n) is 7.23. The van der Waals surface area contributed by atoms with Crippen LogP contribution in [0.5, 0.6) is 5.75 Å². The normalized spacial score (nSPS) is 20.8. The Hall–Kier alpha value is -3.16. The molecule has 3 aromatic rings. The Morgan fingerprint density at radius 1 is 0.917 bits per heavy atom. The van der Waals surface area contributed by atoms with Crippen LogP contribution in [-0.4, -0.2) is 31.7 Å². The summed E-state index contributed by atoms with van der Waals surface area (Å²) in [5.41, 5.74) is 2.46. The van der Waals surface area contributed by atoms with Gasteiger partial charge in [-0.25, -0.2) is 0 Å². The number of hydrogen-bond acceptors (Lipinski definition) is 5. The molecule has 3 aromatic carbocycles. The van der Waals surface area contributed by atoms with Gasteiger partial charge in [-0.1, -0.05) is 79.4 Å². The van der Waals surface area contributed by atoms with Crippen molar-refractivity contribution in [3.8, 4) is 5.75 Å². The second-order valence-corrected chi connectivity index (χ2v) is 11.5. The number of hydrogen-bond donors (Lipinski definition) is 1. The molecule has 6 nitrogen and oxygen atoms in total. The molecule has 1 aliphatic heterocycles. The Morgan fingerprint density at radius 2 is 1.58 bits per heavy atom. The van der Waals surface area contributed by atoms with E-state index in [-0.39, 0.29) is 10.9 Å². The molecule has 1 heterocycles. The largest absolute Gasteiger partial charge is 0.497 e. The van der Waals surface area contributed by atoms with Crippen LogP contribution in [-0.2, 0) is 15.7 Å². The van der Waals surface area contributed by atoms with Gasteiger partial charge in [0.05, 0.1) is 17.7 Å². The number of sulfonamides is 1. The first-order valence-electron chi connectivity index (χ1n) is 12.6. The van der Waals surface area contributed by atoms with Crippen LogP contribution < -0.4 is 10.1 Å². The molecule has 188 valence electrons. The van der Waals surface area contributed by atoms with Crippen LogP contribution in [0.15, 0.2) is 88.9 Å². The SMILES string of the molecule is COc1ccc([C@@]2(NC3CCCCC3)CC(c3ccccc3)=NN2S(=O)(=O)c2ccc(C)cc2)cc1. The summed E-state index contributed by atoms with van der Waals surface area (Å²) >= 11 is 0. The van der Waals surface area contributed by atoms with Gasteiger partial charge in [0, 0.05) is 12.5 Å². The molecule has 5 rings (SSSR count). The van der Waals surface area contributed by atoms with Crippen molar-refractivity contribution >= 4 is 15.7 Å². The van der Waals surface area contributed by atoms with Crippen molar-refractivity contribution in [1.29, 1.82) is 0 Å². The predicted octanol–water partition coefficient (Wildman–Crippen LogP) is 5.58. The van der Waals surface area contributed by atoms with Gasteiger partial charge in [0.25, 0.3) is 10.0 Å². The summed E-state index contributed by atoms with van der Waals surface area (Å²) in [5.74, 6) is 0.724. The van der Waals surface area contributed by atoms with E-state index in [1.165, 1.54) is 10.8 Å². The van der Waals surface area contributed by atoms with Gasteiger partial charge in [-0.15, -0.1) is 0 Å². The van der Waals surface area contributed by atoms with E-state index in [9.17, 15) is 8.42 Å². The van der Waals surface area contributed by atoms with Crippen molar-refractivity contribution in [3.63, 3.8) is 0 Å². The van der Waals surface area contributed by atoms with Crippen molar-refractivity contribution in [3.05, 3.63) is 95.6 Å². The number of hydrazone groups is 1. The maximum Gasteiger partial charge on any atom is 0.281 e. The molecule has 1 aliphatic carbocycles. The van der Waals surface area contributed by atoms with E-state index in [2.05, 4.69) is 5.32 Å². The van der Waals surface area contributed by atoms with Crippen molar-refractivity contribution < 1.29 is 13.2 Å². The quantitative estimate of drug-likeness (QED) is 0.457. The van der Waals surface area contributed by atoms with E-state index in [0.717, 1.165) is 53.8 Å². The first kappa shape index (κ1) is 24.5. The van der Waals surface area contributed by atoms with Gasteiger partial charge in [-0.2, -0.15) is 17.9 Å². The van der Waals surface area contributed by atoms with Gasteiger partial charge in [-0.3, -0.25) is 5.32 Å². The van der Waals surface area contributed by atoms with E-state index in [1.54, 1.807) is 19.2 Å². The molecule has 0 bridgehead atoms. The number of nitrogens with one attached hydrogen (secondary N) is 1. The summed E-state index contributed by atoms with van der Waals surface area (Å²) < 4.78 is 35.2. The molecule has 2 aliphatic rings. The van der Waals surface area contributed by atoms with Crippen molar-refractivity contribution in [1.82, 2.24) is 9.73 Å². The number of nitrogens with zero attached hydrogens (tertiary/aromatic N) is 2. The molecular formula is C29H33N3O3S. The lowest BCUT2D eigenvalue weighted by Crippen LogP contribution is -2.57. The second-order valence-electron chi connectivity index (χ2n) is 9.72. The highest BCUT2D eigenvalue weighted by Gasteiger charge is 2.51. The third-order valence-corrected chi connectivity index (χ3v) is 8.95. The smallest absolute Gasteiger partial charge is 0.281 e. The summed E-state index contributed by atoms with van der Waals surface area (Å²) in [5, 5.41) is 8.65. The van der Waals surface area contributed by atoms with Gasteiger partial charge in [0.15, 0.2) is 5.66 Å². The zero-order valence-corrected chi connectivity index (χ0v) is 21.7. The number of methoxy groups -OCH3 is 1. The Bertz CT molecular complexity index is 1320. The van der Waals surface area contributed by atoms with Crippen molar-refractivity contribution in [2.24, 2.45) is 5.10 Å². The Kier molecular flexibility index (Phi) is 6.86. The highest BCUT2D eigenvalue weighted by atomic mass is 32.2. The highest BCUT2D eigenvalue weighted by Crippen LogP contribution is 2.42. The fourth-order valence-electron chi connectivity index (χ4n) is 5.25. The standard InChI is InChI=1S/C29H33N3O3S/c1-22-13-19-27(20-14-22)36(33,34)32-29(30-25-11-7-4-8-12-25,24-15-17-26(35-2)18-16-24)21-28(31-32)23-9-5-3-6-10-23/h3,5-6,9-10,13-20,25,30H,4,7-8,11-12,21H2,1-2H3/t29-/m1/s1. The molecule has 1 saturated carbocycles. The summed E-state index contributed by atoms with van der Waals surface area (Å²) in [7, 11) is -2.34. The minimum Gasteiger partial charge on any atom is -0.497 e. The number of aryl methyl sites for hydroxylation is 1. The van der Waals surface area contributed by atoms with Crippen LogP contribution in [0, 0.1) is 6.92 Å². The molecule has 1 N–H and O–H groups in total. The minimum absolute atomic E-state index is 0.196. The van der Waals surface area contributed by atoms with Crippen LogP contribution in [0.2, 0.25) is 0 Å². The van der Waals surface area contributed by atoms with Crippen LogP contribution in [0.25, 0.3) is 0 Å². The molecule has 0 unspecified atom stereocenters. The van der Waals surface area contributed by atoms with Crippen LogP contribution in [0.3, 0.4) is 0 Å². The molecule has 0 amide bonds. The van der Waals surface area contributed by atoms with Crippen molar-refractivity contribution in [2.75, 3.05) is 7.11 Å². The average Bonchev–Trinajstić information content (AvgIpc) is 3.31. The lowest BCUT2D eigenvalue weighted by Gasteiger charge is -2.41. The second kappa shape index (κ2) is 10.1. The minimum atomic E-state index is -3.97. The maximum atomic E-state index is 14.2.